The van der Waals surface area contributed by atoms with E-state index < -0.39 is 5.41 Å². The van der Waals surface area contributed by atoms with Gasteiger partial charge in [-0.25, -0.2) is 0 Å². The zero-order valence-corrected chi connectivity index (χ0v) is 14.0. The molecule has 0 aliphatic rings. The van der Waals surface area contributed by atoms with Crippen molar-refractivity contribution in [3.05, 3.63) is 34.6 Å². The van der Waals surface area contributed by atoms with Crippen LogP contribution in [-0.2, 0) is 4.79 Å². The van der Waals surface area contributed by atoms with E-state index in [0.29, 0.717) is 5.82 Å². The van der Waals surface area contributed by atoms with Crippen LogP contribution in [0.2, 0.25) is 0 Å². The van der Waals surface area contributed by atoms with E-state index >= 15 is 0 Å². The molecule has 0 aliphatic carbocycles. The first-order chi connectivity index (χ1) is 9.79. The van der Waals surface area contributed by atoms with E-state index in [1.807, 2.05) is 52.0 Å². The fourth-order valence-corrected chi connectivity index (χ4v) is 2.12. The van der Waals surface area contributed by atoms with E-state index in [1.165, 1.54) is 0 Å². The van der Waals surface area contributed by atoms with Crippen molar-refractivity contribution in [2.24, 2.45) is 5.41 Å². The molecule has 0 radical (unpaired) electrons. The summed E-state index contributed by atoms with van der Waals surface area (Å²) in [5.74, 6) is 0.546. The van der Waals surface area contributed by atoms with Crippen molar-refractivity contribution < 1.29 is 4.79 Å². The monoisotopic (exact) mass is 351 g/mol. The number of hydrogen-bond donors (Lipinski definition) is 1. The van der Waals surface area contributed by atoms with E-state index in [0.717, 1.165) is 10.2 Å². The van der Waals surface area contributed by atoms with Gasteiger partial charge in [-0.2, -0.15) is 4.68 Å². The Bertz CT molecular complexity index is 647. The fraction of sp³-hybridized carbons (Fsp3) is 0.429. The number of halogens is 1. The number of carbonyl (C=O) groups excluding carboxylic acids is 1. The first-order valence-corrected chi connectivity index (χ1v) is 7.43. The predicted molar refractivity (Wildman–Crippen MR) is 82.9 cm³/mol. The first-order valence-electron chi connectivity index (χ1n) is 6.64. The maximum Gasteiger partial charge on any atom is 0.225 e. The molecular formula is C14H18BrN5O. The van der Waals surface area contributed by atoms with Gasteiger partial charge in [-0.1, -0.05) is 42.8 Å². The maximum atomic E-state index is 12.1. The van der Waals surface area contributed by atoms with Crippen LogP contribution in [0.1, 0.15) is 39.6 Å². The van der Waals surface area contributed by atoms with Crippen LogP contribution in [0, 0.1) is 5.41 Å². The lowest BCUT2D eigenvalue weighted by atomic mass is 9.95. The van der Waals surface area contributed by atoms with Crippen LogP contribution >= 0.6 is 15.9 Å². The molecule has 1 aromatic heterocycles. The number of nitrogens with zero attached hydrogens (tertiary/aromatic N) is 4. The average molecular weight is 352 g/mol. The second kappa shape index (κ2) is 5.93. The molecule has 0 spiro atoms. The molecule has 0 saturated carbocycles. The summed E-state index contributed by atoms with van der Waals surface area (Å²) in [4.78, 5) is 12.1. The van der Waals surface area contributed by atoms with Crippen molar-refractivity contribution in [2.45, 2.75) is 33.7 Å². The summed E-state index contributed by atoms with van der Waals surface area (Å²) in [6.45, 7) is 7.47. The predicted octanol–water partition coefficient (Wildman–Crippen LogP) is 2.65. The number of aromatic nitrogens is 4. The number of carbonyl (C=O) groups is 1. The van der Waals surface area contributed by atoms with Crippen molar-refractivity contribution in [3.63, 3.8) is 0 Å². The molecule has 0 fully saturated rings. The number of rotatable bonds is 3. The van der Waals surface area contributed by atoms with Crippen LogP contribution in [0.5, 0.6) is 0 Å². The molecule has 0 bridgehead atoms. The molecule has 6 nitrogen and oxygen atoms in total. The SMILES string of the molecule is CC(NC(=O)C(C)(C)C)c1nnnn1-c1cccc(Br)c1. The third kappa shape index (κ3) is 3.66. The molecule has 1 aromatic carbocycles. The average Bonchev–Trinajstić information content (AvgIpc) is 2.86. The van der Waals surface area contributed by atoms with Crippen molar-refractivity contribution in [2.75, 3.05) is 0 Å². The molecule has 1 atom stereocenters. The minimum Gasteiger partial charge on any atom is -0.346 e. The van der Waals surface area contributed by atoms with E-state index in [2.05, 4.69) is 36.8 Å². The van der Waals surface area contributed by atoms with Gasteiger partial charge in [-0.05, 0) is 35.5 Å². The largest absolute Gasteiger partial charge is 0.346 e. The number of amides is 1. The van der Waals surface area contributed by atoms with Crippen molar-refractivity contribution >= 4 is 21.8 Å². The summed E-state index contributed by atoms with van der Waals surface area (Å²) in [6.07, 6.45) is 0. The molecule has 112 valence electrons. The highest BCUT2D eigenvalue weighted by atomic mass is 79.9. The van der Waals surface area contributed by atoms with Gasteiger partial charge >= 0.3 is 0 Å². The summed E-state index contributed by atoms with van der Waals surface area (Å²) in [5.41, 5.74) is 0.378. The summed E-state index contributed by atoms with van der Waals surface area (Å²) < 4.78 is 2.56. The number of benzene rings is 1. The van der Waals surface area contributed by atoms with E-state index in [1.54, 1.807) is 4.68 Å². The molecule has 1 unspecified atom stereocenters. The van der Waals surface area contributed by atoms with Crippen LogP contribution in [-0.4, -0.2) is 26.1 Å². The highest BCUT2D eigenvalue weighted by molar-refractivity contribution is 9.10. The Balaban J connectivity index is 2.26. The molecule has 0 saturated heterocycles. The molecule has 1 heterocycles. The minimum absolute atomic E-state index is 0.0428. The van der Waals surface area contributed by atoms with Crippen molar-refractivity contribution in [1.29, 1.82) is 0 Å². The zero-order chi connectivity index (χ0) is 15.6. The molecule has 2 rings (SSSR count). The van der Waals surface area contributed by atoms with Gasteiger partial charge in [0.05, 0.1) is 11.7 Å². The van der Waals surface area contributed by atoms with Crippen LogP contribution < -0.4 is 5.32 Å². The Morgan fingerprint density at radius 2 is 2.10 bits per heavy atom. The van der Waals surface area contributed by atoms with Crippen molar-refractivity contribution in [1.82, 2.24) is 25.5 Å². The third-order valence-electron chi connectivity index (χ3n) is 2.96. The first kappa shape index (κ1) is 15.6. The normalized spacial score (nSPS) is 13.0. The standard InChI is InChI=1S/C14H18BrN5O/c1-9(16-13(21)14(2,3)4)12-17-18-19-20(12)11-7-5-6-10(15)8-11/h5-9H,1-4H3,(H,16,21). The Labute approximate surface area is 132 Å². The van der Waals surface area contributed by atoms with Gasteiger partial charge in [0.25, 0.3) is 0 Å². The van der Waals surface area contributed by atoms with Gasteiger partial charge in [-0.3, -0.25) is 4.79 Å². The van der Waals surface area contributed by atoms with Crippen LogP contribution in [0.25, 0.3) is 5.69 Å². The summed E-state index contributed by atoms with van der Waals surface area (Å²) in [6, 6.07) is 7.37. The fourth-order valence-electron chi connectivity index (χ4n) is 1.73. The lowest BCUT2D eigenvalue weighted by Gasteiger charge is -2.21. The molecule has 0 aliphatic heterocycles. The van der Waals surface area contributed by atoms with E-state index in [-0.39, 0.29) is 11.9 Å². The second-order valence-electron chi connectivity index (χ2n) is 5.87. The van der Waals surface area contributed by atoms with E-state index in [4.69, 9.17) is 0 Å². The Morgan fingerprint density at radius 3 is 2.71 bits per heavy atom. The van der Waals surface area contributed by atoms with Gasteiger partial charge in [0.1, 0.15) is 0 Å². The zero-order valence-electron chi connectivity index (χ0n) is 12.5. The van der Waals surface area contributed by atoms with Gasteiger partial charge in [0.2, 0.25) is 5.91 Å². The van der Waals surface area contributed by atoms with Crippen LogP contribution in [0.4, 0.5) is 0 Å². The molecule has 1 amide bonds. The number of hydrogen-bond acceptors (Lipinski definition) is 4. The van der Waals surface area contributed by atoms with Gasteiger partial charge < -0.3 is 5.32 Å². The Morgan fingerprint density at radius 1 is 1.38 bits per heavy atom. The van der Waals surface area contributed by atoms with E-state index in [9.17, 15) is 4.79 Å². The minimum atomic E-state index is -0.456. The molecule has 2 aromatic rings. The topological polar surface area (TPSA) is 72.7 Å². The molecule has 21 heavy (non-hydrogen) atoms. The quantitative estimate of drug-likeness (QED) is 0.922. The molecule has 1 N–H and O–H groups in total. The Kier molecular flexibility index (Phi) is 4.41. The third-order valence-corrected chi connectivity index (χ3v) is 3.46. The Hall–Kier alpha value is -1.76. The number of tetrazole rings is 1. The van der Waals surface area contributed by atoms with Gasteiger partial charge in [0.15, 0.2) is 5.82 Å². The summed E-state index contributed by atoms with van der Waals surface area (Å²) in [7, 11) is 0. The van der Waals surface area contributed by atoms with Crippen LogP contribution in [0.3, 0.4) is 0 Å². The van der Waals surface area contributed by atoms with Crippen molar-refractivity contribution in [3.8, 4) is 5.69 Å². The smallest absolute Gasteiger partial charge is 0.225 e. The summed E-state index contributed by atoms with van der Waals surface area (Å²) in [5, 5.41) is 14.7. The number of nitrogens with one attached hydrogen (secondary N) is 1. The second-order valence-corrected chi connectivity index (χ2v) is 6.79. The van der Waals surface area contributed by atoms with Gasteiger partial charge in [0, 0.05) is 9.89 Å². The maximum absolute atomic E-state index is 12.1. The lowest BCUT2D eigenvalue weighted by molar-refractivity contribution is -0.129. The molecule has 7 heteroatoms. The molecular weight excluding hydrogens is 334 g/mol. The highest BCUT2D eigenvalue weighted by Gasteiger charge is 2.25. The van der Waals surface area contributed by atoms with Gasteiger partial charge in [-0.15, -0.1) is 5.10 Å². The van der Waals surface area contributed by atoms with Crippen LogP contribution in [0.15, 0.2) is 28.7 Å². The summed E-state index contributed by atoms with van der Waals surface area (Å²) >= 11 is 3.42. The highest BCUT2D eigenvalue weighted by Crippen LogP contribution is 2.20. The lowest BCUT2D eigenvalue weighted by Crippen LogP contribution is -2.37.